The van der Waals surface area contributed by atoms with Gasteiger partial charge < -0.3 is 9.47 Å². The molecule has 0 unspecified atom stereocenters. The maximum atomic E-state index is 5.86. The Hall–Kier alpha value is -0.940. The summed E-state index contributed by atoms with van der Waals surface area (Å²) in [5, 5.41) is 0. The normalized spacial score (nSPS) is 18.1. The molecule has 3 heterocycles. The average Bonchev–Trinajstić information content (AvgIpc) is 3.17. The molecule has 2 nitrogen and oxygen atoms in total. The van der Waals surface area contributed by atoms with E-state index in [0.717, 1.165) is 26.1 Å². The van der Waals surface area contributed by atoms with Crippen molar-refractivity contribution in [2.45, 2.75) is 45.8 Å². The molecule has 2 aromatic rings. The van der Waals surface area contributed by atoms with Crippen LogP contribution in [0, 0.1) is 13.8 Å². The second-order valence-electron chi connectivity index (χ2n) is 5.89. The highest BCUT2D eigenvalue weighted by atomic mass is 32.1. The van der Waals surface area contributed by atoms with E-state index in [2.05, 4.69) is 44.2 Å². The van der Waals surface area contributed by atoms with E-state index < -0.39 is 0 Å². The van der Waals surface area contributed by atoms with Crippen molar-refractivity contribution in [3.63, 3.8) is 0 Å². The van der Waals surface area contributed by atoms with Crippen LogP contribution >= 0.6 is 22.7 Å². The van der Waals surface area contributed by atoms with Gasteiger partial charge in [-0.1, -0.05) is 6.08 Å². The molecule has 0 radical (unpaired) electrons. The monoisotopic (exact) mass is 348 g/mol. The molecule has 1 fully saturated rings. The standard InChI is InChI=1S/C19H24O2S2/c1-14-8-10-17(22-14)16(18-11-9-15(2)23-18)6-5-13-21-19-7-3-4-12-20-19/h6,8-11,19H,3-5,7,12-13H2,1-2H3/t19-/m1/s1. The zero-order chi connectivity index (χ0) is 16.1. The first-order chi connectivity index (χ1) is 11.2. The second kappa shape index (κ2) is 8.25. The van der Waals surface area contributed by atoms with Gasteiger partial charge in [-0.05, 0) is 63.8 Å². The van der Waals surface area contributed by atoms with Gasteiger partial charge in [0.15, 0.2) is 6.29 Å². The molecule has 1 aliphatic rings. The summed E-state index contributed by atoms with van der Waals surface area (Å²) in [7, 11) is 0. The lowest BCUT2D eigenvalue weighted by Crippen LogP contribution is -2.22. The third-order valence-corrected chi connectivity index (χ3v) is 5.99. The van der Waals surface area contributed by atoms with Gasteiger partial charge in [-0.25, -0.2) is 0 Å². The van der Waals surface area contributed by atoms with Crippen LogP contribution in [0.3, 0.4) is 0 Å². The Bertz CT molecular complexity index is 606. The summed E-state index contributed by atoms with van der Waals surface area (Å²) in [4.78, 5) is 5.40. The zero-order valence-electron chi connectivity index (χ0n) is 13.8. The third-order valence-electron chi connectivity index (χ3n) is 3.92. The SMILES string of the molecule is Cc1ccc(C(=CCCO[C@@H]2CCCCO2)c2ccc(C)s2)s1. The molecule has 1 saturated heterocycles. The van der Waals surface area contributed by atoms with Crippen molar-refractivity contribution in [1.82, 2.24) is 0 Å². The van der Waals surface area contributed by atoms with Crippen LogP contribution in [0.5, 0.6) is 0 Å². The number of hydrogen-bond acceptors (Lipinski definition) is 4. The summed E-state index contributed by atoms with van der Waals surface area (Å²) in [6.07, 6.45) is 6.66. The molecule has 1 aliphatic heterocycles. The Morgan fingerprint density at radius 2 is 1.83 bits per heavy atom. The Balaban J connectivity index is 1.65. The zero-order valence-corrected chi connectivity index (χ0v) is 15.5. The molecule has 0 bridgehead atoms. The molecule has 4 heteroatoms. The summed E-state index contributed by atoms with van der Waals surface area (Å²) in [6.45, 7) is 5.89. The fraction of sp³-hybridized carbons (Fsp3) is 0.474. The summed E-state index contributed by atoms with van der Waals surface area (Å²) in [5.41, 5.74) is 1.34. The molecular weight excluding hydrogens is 324 g/mol. The summed E-state index contributed by atoms with van der Waals surface area (Å²) >= 11 is 3.72. The highest BCUT2D eigenvalue weighted by Gasteiger charge is 2.14. The lowest BCUT2D eigenvalue weighted by molar-refractivity contribution is -0.161. The lowest BCUT2D eigenvalue weighted by Gasteiger charge is -2.22. The maximum Gasteiger partial charge on any atom is 0.157 e. The highest BCUT2D eigenvalue weighted by Crippen LogP contribution is 2.33. The van der Waals surface area contributed by atoms with Crippen LogP contribution in [0.15, 0.2) is 30.3 Å². The van der Waals surface area contributed by atoms with Crippen molar-refractivity contribution in [2.75, 3.05) is 13.2 Å². The van der Waals surface area contributed by atoms with Crippen molar-refractivity contribution in [3.8, 4) is 0 Å². The Morgan fingerprint density at radius 3 is 2.35 bits per heavy atom. The van der Waals surface area contributed by atoms with Crippen LogP contribution in [-0.2, 0) is 9.47 Å². The van der Waals surface area contributed by atoms with E-state index in [1.54, 1.807) is 0 Å². The van der Waals surface area contributed by atoms with Gasteiger partial charge in [-0.15, -0.1) is 22.7 Å². The Kier molecular flexibility index (Phi) is 6.06. The van der Waals surface area contributed by atoms with Gasteiger partial charge in [0.1, 0.15) is 0 Å². The minimum Gasteiger partial charge on any atom is -0.353 e. The summed E-state index contributed by atoms with van der Waals surface area (Å²) < 4.78 is 11.5. The van der Waals surface area contributed by atoms with Gasteiger partial charge in [0, 0.05) is 31.7 Å². The smallest absolute Gasteiger partial charge is 0.157 e. The van der Waals surface area contributed by atoms with Crippen LogP contribution in [-0.4, -0.2) is 19.5 Å². The van der Waals surface area contributed by atoms with Crippen molar-refractivity contribution in [1.29, 1.82) is 0 Å². The molecule has 124 valence electrons. The van der Waals surface area contributed by atoms with Gasteiger partial charge in [0.05, 0.1) is 6.61 Å². The number of hydrogen-bond donors (Lipinski definition) is 0. The summed E-state index contributed by atoms with van der Waals surface area (Å²) in [5.74, 6) is 0. The number of ether oxygens (including phenoxy) is 2. The van der Waals surface area contributed by atoms with Crippen molar-refractivity contribution in [3.05, 3.63) is 49.9 Å². The first-order valence-corrected chi connectivity index (χ1v) is 9.92. The molecule has 23 heavy (non-hydrogen) atoms. The number of rotatable bonds is 6. The molecule has 0 aliphatic carbocycles. The van der Waals surface area contributed by atoms with Crippen LogP contribution in [0.1, 0.15) is 45.2 Å². The molecule has 0 spiro atoms. The minimum absolute atomic E-state index is 0.00793. The molecule has 0 saturated carbocycles. The largest absolute Gasteiger partial charge is 0.353 e. The van der Waals surface area contributed by atoms with Gasteiger partial charge in [0.25, 0.3) is 0 Å². The fourth-order valence-corrected chi connectivity index (χ4v) is 4.64. The number of aryl methyl sites for hydroxylation is 2. The van der Waals surface area contributed by atoms with E-state index in [9.17, 15) is 0 Å². The molecule has 0 N–H and O–H groups in total. The Morgan fingerprint density at radius 1 is 1.13 bits per heavy atom. The highest BCUT2D eigenvalue weighted by molar-refractivity contribution is 7.15. The molecule has 2 aromatic heterocycles. The summed E-state index contributed by atoms with van der Waals surface area (Å²) in [6, 6.07) is 8.85. The third kappa shape index (κ3) is 4.77. The Labute approximate surface area is 146 Å². The van der Waals surface area contributed by atoms with Gasteiger partial charge in [-0.2, -0.15) is 0 Å². The fourth-order valence-electron chi connectivity index (χ4n) is 2.73. The predicted molar refractivity (Wildman–Crippen MR) is 99.4 cm³/mol. The molecule has 0 aromatic carbocycles. The van der Waals surface area contributed by atoms with Gasteiger partial charge in [-0.3, -0.25) is 0 Å². The number of thiophene rings is 2. The lowest BCUT2D eigenvalue weighted by atomic mass is 10.1. The van der Waals surface area contributed by atoms with E-state index in [0.29, 0.717) is 0 Å². The van der Waals surface area contributed by atoms with E-state index in [1.165, 1.54) is 37.9 Å². The van der Waals surface area contributed by atoms with Crippen LogP contribution < -0.4 is 0 Å². The molecule has 1 atom stereocenters. The van der Waals surface area contributed by atoms with E-state index in [-0.39, 0.29) is 6.29 Å². The average molecular weight is 349 g/mol. The van der Waals surface area contributed by atoms with E-state index in [1.807, 2.05) is 22.7 Å². The maximum absolute atomic E-state index is 5.86. The van der Waals surface area contributed by atoms with Crippen LogP contribution in [0.25, 0.3) is 5.57 Å². The van der Waals surface area contributed by atoms with Crippen molar-refractivity contribution >= 4 is 28.2 Å². The molecule has 3 rings (SSSR count). The van der Waals surface area contributed by atoms with Crippen molar-refractivity contribution in [2.24, 2.45) is 0 Å². The van der Waals surface area contributed by atoms with E-state index in [4.69, 9.17) is 9.47 Å². The van der Waals surface area contributed by atoms with Crippen LogP contribution in [0.4, 0.5) is 0 Å². The second-order valence-corrected chi connectivity index (χ2v) is 8.47. The van der Waals surface area contributed by atoms with Gasteiger partial charge >= 0.3 is 0 Å². The minimum atomic E-state index is 0.00793. The van der Waals surface area contributed by atoms with Gasteiger partial charge in [0.2, 0.25) is 0 Å². The topological polar surface area (TPSA) is 18.5 Å². The molecule has 0 amide bonds. The molecular formula is C19H24O2S2. The van der Waals surface area contributed by atoms with Crippen LogP contribution in [0.2, 0.25) is 0 Å². The first-order valence-electron chi connectivity index (χ1n) is 8.29. The van der Waals surface area contributed by atoms with E-state index >= 15 is 0 Å². The van der Waals surface area contributed by atoms with Crippen molar-refractivity contribution < 1.29 is 9.47 Å². The predicted octanol–water partition coefficient (Wildman–Crippen LogP) is 5.79. The quantitative estimate of drug-likeness (QED) is 0.615. The first kappa shape index (κ1) is 16.9.